The molecule has 1 saturated carbocycles. The van der Waals surface area contributed by atoms with Crippen LogP contribution in [0.25, 0.3) is 0 Å². The molecule has 0 atom stereocenters. The summed E-state index contributed by atoms with van der Waals surface area (Å²) in [4.78, 5) is 0. The van der Waals surface area contributed by atoms with Gasteiger partial charge >= 0.3 is 7.69 Å². The van der Waals surface area contributed by atoms with Crippen LogP contribution < -0.4 is 0 Å². The van der Waals surface area contributed by atoms with Crippen LogP contribution in [0.1, 0.15) is 56.9 Å². The summed E-state index contributed by atoms with van der Waals surface area (Å²) >= 11 is 0. The summed E-state index contributed by atoms with van der Waals surface area (Å²) in [6, 6.07) is 11.1. The van der Waals surface area contributed by atoms with Crippen LogP contribution in [0, 0.1) is 5.92 Å². The van der Waals surface area contributed by atoms with Gasteiger partial charge in [-0.25, -0.2) is 0 Å². The number of benzene rings is 1. The lowest BCUT2D eigenvalue weighted by molar-refractivity contribution is 0.308. The highest BCUT2D eigenvalue weighted by Gasteiger charge is 2.21. The van der Waals surface area contributed by atoms with Crippen molar-refractivity contribution < 1.29 is 10.0 Å². The number of rotatable bonds is 3. The molecule has 0 aliphatic heterocycles. The second-order valence-corrected chi connectivity index (χ2v) is 5.06. The lowest BCUT2D eigenvalue weighted by atomic mass is 9.77. The number of hydrogen-bond donors (Lipinski definition) is 2. The maximum atomic E-state index is 7.12. The zero-order valence-corrected chi connectivity index (χ0v) is 11.4. The van der Waals surface area contributed by atoms with E-state index in [-0.39, 0.29) is 0 Å². The predicted octanol–water partition coefficient (Wildman–Crippen LogP) is 3.00. The third-order valence-electron chi connectivity index (χ3n) is 3.81. The van der Waals surface area contributed by atoms with E-state index in [9.17, 15) is 0 Å². The van der Waals surface area contributed by atoms with Crippen LogP contribution >= 0.6 is 0 Å². The highest BCUT2D eigenvalue weighted by Crippen LogP contribution is 2.37. The third-order valence-corrected chi connectivity index (χ3v) is 3.81. The van der Waals surface area contributed by atoms with E-state index in [1.165, 1.54) is 38.5 Å². The Morgan fingerprint density at radius 3 is 2.11 bits per heavy atom. The molecule has 3 heteroatoms. The summed E-state index contributed by atoms with van der Waals surface area (Å²) in [5.41, 5.74) is 1.56. The van der Waals surface area contributed by atoms with E-state index in [0.29, 0.717) is 0 Å². The quantitative estimate of drug-likeness (QED) is 0.807. The molecule has 0 bridgehead atoms. The fraction of sp³-hybridized carbons (Fsp3) is 0.600. The Morgan fingerprint density at radius 1 is 1.06 bits per heavy atom. The molecule has 1 aromatic carbocycles. The van der Waals surface area contributed by atoms with Gasteiger partial charge in [0.15, 0.2) is 0 Å². The lowest BCUT2D eigenvalue weighted by Gasteiger charge is -2.28. The molecule has 18 heavy (non-hydrogen) atoms. The van der Waals surface area contributed by atoms with Crippen molar-refractivity contribution in [3.63, 3.8) is 0 Å². The van der Waals surface area contributed by atoms with Crippen LogP contribution in [-0.4, -0.2) is 17.7 Å². The summed E-state index contributed by atoms with van der Waals surface area (Å²) in [6.07, 6.45) is 8.53. The fourth-order valence-electron chi connectivity index (χ4n) is 2.92. The minimum Gasteiger partial charge on any atom is -0.430 e. The first-order chi connectivity index (χ1) is 8.81. The van der Waals surface area contributed by atoms with Gasteiger partial charge in [-0.1, -0.05) is 50.1 Å². The minimum absolute atomic E-state index is 0.750. The minimum atomic E-state index is -0.750. The van der Waals surface area contributed by atoms with Crippen LogP contribution in [0.15, 0.2) is 30.3 Å². The normalized spacial score (nSPS) is 22.8. The van der Waals surface area contributed by atoms with Gasteiger partial charge in [-0.3, -0.25) is 0 Å². The summed E-state index contributed by atoms with van der Waals surface area (Å²) in [7, 11) is -0.750. The molecule has 0 saturated heterocycles. The Hall–Kier alpha value is -0.795. The van der Waals surface area contributed by atoms with Crippen LogP contribution in [0.2, 0.25) is 0 Å². The zero-order valence-electron chi connectivity index (χ0n) is 11.4. The van der Waals surface area contributed by atoms with Crippen molar-refractivity contribution in [3.8, 4) is 0 Å². The van der Waals surface area contributed by atoms with E-state index in [2.05, 4.69) is 37.3 Å². The van der Waals surface area contributed by atoms with Gasteiger partial charge in [0.05, 0.1) is 0 Å². The van der Waals surface area contributed by atoms with Crippen molar-refractivity contribution >= 4 is 7.69 Å². The molecule has 0 spiro atoms. The lowest BCUT2D eigenvalue weighted by Crippen LogP contribution is -2.13. The first kappa shape index (κ1) is 15.3. The maximum Gasteiger partial charge on any atom is 0.432 e. The average molecular weight is 248 g/mol. The first-order valence-electron chi connectivity index (χ1n) is 7.08. The second-order valence-electron chi connectivity index (χ2n) is 5.06. The molecular formula is C15H25BO2. The van der Waals surface area contributed by atoms with E-state index in [0.717, 1.165) is 11.8 Å². The Morgan fingerprint density at radius 2 is 1.61 bits per heavy atom. The highest BCUT2D eigenvalue weighted by atomic mass is 16.4. The SMILES string of the molecule is CCCC1CCC(c2ccccc2)CC1.OBO. The zero-order chi connectivity index (χ0) is 13.2. The van der Waals surface area contributed by atoms with Crippen molar-refractivity contribution in [2.45, 2.75) is 51.4 Å². The fourth-order valence-corrected chi connectivity index (χ4v) is 2.92. The molecule has 0 radical (unpaired) electrons. The van der Waals surface area contributed by atoms with Crippen molar-refractivity contribution in [1.82, 2.24) is 0 Å². The molecule has 2 nitrogen and oxygen atoms in total. The molecule has 100 valence electrons. The number of hydrogen-bond acceptors (Lipinski definition) is 2. The van der Waals surface area contributed by atoms with E-state index in [1.807, 2.05) is 0 Å². The summed E-state index contributed by atoms with van der Waals surface area (Å²) < 4.78 is 0. The molecule has 1 aliphatic rings. The van der Waals surface area contributed by atoms with Crippen LogP contribution in [-0.2, 0) is 0 Å². The van der Waals surface area contributed by atoms with Crippen LogP contribution in [0.3, 0.4) is 0 Å². The monoisotopic (exact) mass is 248 g/mol. The smallest absolute Gasteiger partial charge is 0.430 e. The Kier molecular flexibility index (Phi) is 7.78. The largest absolute Gasteiger partial charge is 0.432 e. The first-order valence-corrected chi connectivity index (χ1v) is 7.08. The average Bonchev–Trinajstić information content (AvgIpc) is 2.42. The second kappa shape index (κ2) is 9.18. The summed E-state index contributed by atoms with van der Waals surface area (Å²) in [5, 5.41) is 14.2. The summed E-state index contributed by atoms with van der Waals surface area (Å²) in [5.74, 6) is 1.87. The van der Waals surface area contributed by atoms with Crippen molar-refractivity contribution in [2.75, 3.05) is 0 Å². The Bertz CT molecular complexity index is 295. The third kappa shape index (κ3) is 5.24. The van der Waals surface area contributed by atoms with Gasteiger partial charge in [0.2, 0.25) is 0 Å². The van der Waals surface area contributed by atoms with Gasteiger partial charge in [0.1, 0.15) is 0 Å². The van der Waals surface area contributed by atoms with E-state index < -0.39 is 7.69 Å². The van der Waals surface area contributed by atoms with Gasteiger partial charge in [0, 0.05) is 0 Å². The highest BCUT2D eigenvalue weighted by molar-refractivity contribution is 6.13. The molecule has 0 heterocycles. The van der Waals surface area contributed by atoms with E-state index in [4.69, 9.17) is 10.0 Å². The van der Waals surface area contributed by atoms with Gasteiger partial charge < -0.3 is 10.0 Å². The molecule has 1 fully saturated rings. The van der Waals surface area contributed by atoms with Crippen LogP contribution in [0.5, 0.6) is 0 Å². The van der Waals surface area contributed by atoms with E-state index in [1.54, 1.807) is 5.56 Å². The van der Waals surface area contributed by atoms with Crippen molar-refractivity contribution in [2.24, 2.45) is 5.92 Å². The standard InChI is InChI=1S/C15H22.BH3O2/c1-2-6-13-9-11-15(12-10-13)14-7-4-3-5-8-14;2-1-3/h3-5,7-8,13,15H,2,6,9-12H2,1H3;1-3H. The van der Waals surface area contributed by atoms with Gasteiger partial charge in [-0.15, -0.1) is 0 Å². The van der Waals surface area contributed by atoms with Gasteiger partial charge in [0.25, 0.3) is 0 Å². The molecule has 0 amide bonds. The topological polar surface area (TPSA) is 40.5 Å². The summed E-state index contributed by atoms with van der Waals surface area (Å²) in [6.45, 7) is 2.31. The predicted molar refractivity (Wildman–Crippen MR) is 77.6 cm³/mol. The van der Waals surface area contributed by atoms with Crippen molar-refractivity contribution in [3.05, 3.63) is 35.9 Å². The maximum absolute atomic E-state index is 7.12. The van der Waals surface area contributed by atoms with Gasteiger partial charge in [-0.05, 0) is 43.1 Å². The molecule has 0 aromatic heterocycles. The molecule has 1 aliphatic carbocycles. The van der Waals surface area contributed by atoms with Crippen LogP contribution in [0.4, 0.5) is 0 Å². The van der Waals surface area contributed by atoms with Gasteiger partial charge in [-0.2, -0.15) is 0 Å². The molecular weight excluding hydrogens is 223 g/mol. The molecule has 2 rings (SSSR count). The molecule has 1 aromatic rings. The Balaban J connectivity index is 0.000000492. The molecule has 2 N–H and O–H groups in total. The van der Waals surface area contributed by atoms with Crippen molar-refractivity contribution in [1.29, 1.82) is 0 Å². The molecule has 0 unspecified atom stereocenters. The van der Waals surface area contributed by atoms with E-state index >= 15 is 0 Å². The Labute approximate surface area is 111 Å².